The van der Waals surface area contributed by atoms with Crippen LogP contribution < -0.4 is 10.6 Å². The van der Waals surface area contributed by atoms with Crippen LogP contribution in [0.4, 0.5) is 9.59 Å². The summed E-state index contributed by atoms with van der Waals surface area (Å²) in [6, 6.07) is 1.27. The highest BCUT2D eigenvalue weighted by molar-refractivity contribution is 6.88. The van der Waals surface area contributed by atoms with Gasteiger partial charge in [-0.1, -0.05) is 26.8 Å². The van der Waals surface area contributed by atoms with Gasteiger partial charge in [-0.05, 0) is 124 Å². The van der Waals surface area contributed by atoms with Crippen LogP contribution in [0.2, 0.25) is 104 Å². The molecule has 2 N–H and O–H groups in total. The number of rotatable bonds is 27. The number of ether oxygens (including phenoxy) is 4. The maximum Gasteiger partial charge on any atom is 0.407 e. The molecule has 328 valence electrons. The van der Waals surface area contributed by atoms with Gasteiger partial charge in [-0.2, -0.15) is 0 Å². The van der Waals surface area contributed by atoms with Crippen molar-refractivity contribution in [3.8, 4) is 0 Å². The number of hydrogen-bond donors (Lipinski definition) is 2. The fourth-order valence-electron chi connectivity index (χ4n) is 6.00. The van der Waals surface area contributed by atoms with Crippen LogP contribution in [0.5, 0.6) is 0 Å². The lowest BCUT2D eigenvalue weighted by Gasteiger charge is -2.42. The van der Waals surface area contributed by atoms with E-state index in [2.05, 4.69) is 109 Å². The molecule has 0 aromatic heterocycles. The van der Waals surface area contributed by atoms with Gasteiger partial charge in [-0.15, -0.1) is 0 Å². The largest absolute Gasteiger partial charge is 0.464 e. The molecular weight excluding hydrogens is 821 g/mol. The number of carbonyl (C=O) groups excluding carboxylic acids is 4. The quantitative estimate of drug-likeness (QED) is 0.0266. The zero-order valence-corrected chi connectivity index (χ0v) is 44.0. The fraction of sp³-hybridized carbons (Fsp3) is 0.833. The van der Waals surface area contributed by atoms with Crippen LogP contribution in [0.3, 0.4) is 0 Å². The van der Waals surface area contributed by atoms with Gasteiger partial charge in [0.15, 0.2) is 33.3 Å². The van der Waals surface area contributed by atoms with Crippen LogP contribution in [-0.4, -0.2) is 114 Å². The van der Waals surface area contributed by atoms with Crippen molar-refractivity contribution in [2.24, 2.45) is 11.3 Å². The Morgan fingerprint density at radius 3 is 1.30 bits per heavy atom. The predicted molar refractivity (Wildman–Crippen MR) is 237 cm³/mol. The van der Waals surface area contributed by atoms with Crippen LogP contribution in [0.1, 0.15) is 40.0 Å². The van der Waals surface area contributed by atoms with Gasteiger partial charge in [0.25, 0.3) is 0 Å². The molecule has 0 saturated carbocycles. The van der Waals surface area contributed by atoms with Crippen LogP contribution in [0.25, 0.3) is 0 Å². The maximum absolute atomic E-state index is 13.1. The Hall–Kier alpha value is -1.64. The monoisotopic (exact) mass is 898 g/mol. The van der Waals surface area contributed by atoms with E-state index in [1.807, 2.05) is 0 Å². The van der Waals surface area contributed by atoms with Crippen LogP contribution in [0, 0.1) is 11.3 Å². The van der Waals surface area contributed by atoms with E-state index in [0.717, 1.165) is 0 Å². The molecule has 14 nitrogen and oxygen atoms in total. The molecule has 0 saturated heterocycles. The van der Waals surface area contributed by atoms with Gasteiger partial charge < -0.3 is 46.0 Å². The zero-order valence-electron chi connectivity index (χ0n) is 38.0. The number of nitrogens with one attached hydrogen (secondary N) is 2. The van der Waals surface area contributed by atoms with Gasteiger partial charge in [0.05, 0.1) is 19.0 Å². The second-order valence-electron chi connectivity index (χ2n) is 19.2. The molecule has 0 aromatic carbocycles. The summed E-state index contributed by atoms with van der Waals surface area (Å²) < 4.78 is 49.4. The van der Waals surface area contributed by atoms with Gasteiger partial charge in [0.1, 0.15) is 26.4 Å². The smallest absolute Gasteiger partial charge is 0.407 e. The third-order valence-electron chi connectivity index (χ3n) is 7.59. The normalized spacial score (nSPS) is 14.1. The topological polar surface area (TPSA) is 166 Å². The number of alkyl carbamates (subject to hydrolysis) is 2. The molecule has 0 aliphatic carbocycles. The molecule has 0 aromatic rings. The van der Waals surface area contributed by atoms with Crippen molar-refractivity contribution in [3.63, 3.8) is 0 Å². The van der Waals surface area contributed by atoms with E-state index in [0.29, 0.717) is 31.4 Å². The third kappa shape index (κ3) is 27.1. The minimum Gasteiger partial charge on any atom is -0.464 e. The van der Waals surface area contributed by atoms with Gasteiger partial charge in [0.2, 0.25) is 0 Å². The van der Waals surface area contributed by atoms with E-state index in [1.165, 1.54) is 0 Å². The number of amides is 2. The summed E-state index contributed by atoms with van der Waals surface area (Å²) in [7, 11) is -13.5. The third-order valence-corrected chi connectivity index (χ3v) is 26.7. The van der Waals surface area contributed by atoms with Crippen LogP contribution in [0.15, 0.2) is 12.2 Å². The van der Waals surface area contributed by atoms with Crippen molar-refractivity contribution in [1.82, 2.24) is 10.6 Å². The average molecular weight is 900 g/mol. The molecule has 0 rings (SSSR count). The molecule has 0 radical (unpaired) electrons. The van der Waals surface area contributed by atoms with Crippen molar-refractivity contribution in [2.45, 2.75) is 144 Å². The lowest BCUT2D eigenvalue weighted by Crippen LogP contribution is -2.53. The fourth-order valence-corrected chi connectivity index (χ4v) is 31.2. The van der Waals surface area contributed by atoms with Crippen LogP contribution >= 0.6 is 0 Å². The van der Waals surface area contributed by atoms with E-state index >= 15 is 0 Å². The van der Waals surface area contributed by atoms with E-state index < -0.39 is 74.0 Å². The lowest BCUT2D eigenvalue weighted by molar-refractivity contribution is -0.147. The van der Waals surface area contributed by atoms with E-state index in [4.69, 9.17) is 35.4 Å². The minimum absolute atomic E-state index is 0.00558. The van der Waals surface area contributed by atoms with Crippen molar-refractivity contribution in [2.75, 3.05) is 39.5 Å². The predicted octanol–water partition coefficient (Wildman–Crippen LogP) is 8.46. The summed E-state index contributed by atoms with van der Waals surface area (Å²) in [5.74, 6) is -1.19. The Labute approximate surface area is 345 Å². The Bertz CT molecular complexity index is 1250. The van der Waals surface area contributed by atoms with Crippen molar-refractivity contribution in [1.29, 1.82) is 0 Å². The average Bonchev–Trinajstić information content (AvgIpc) is 2.97. The first-order chi connectivity index (χ1) is 25.2. The van der Waals surface area contributed by atoms with Gasteiger partial charge in [0, 0.05) is 11.0 Å². The number of esters is 2. The molecule has 20 heteroatoms. The highest BCUT2D eigenvalue weighted by atomic mass is 28.5. The molecule has 0 spiro atoms. The van der Waals surface area contributed by atoms with Gasteiger partial charge in [-0.3, -0.25) is 4.79 Å². The summed E-state index contributed by atoms with van der Waals surface area (Å²) in [5.41, 5.74) is -0.590. The Morgan fingerprint density at radius 1 is 0.571 bits per heavy atom. The summed E-state index contributed by atoms with van der Waals surface area (Å²) >= 11 is 0. The molecule has 1 atom stereocenters. The standard InChI is InChI=1S/C36H78N2O12Si6/c1-30(2)32(39)43-24-22-37-34(41)45-28-36(29-46-35(42)38-23-25-44-33(40)31(3)4,21-27-56(18,49-53(11,12)13)50-54(14,15)16)20-19-26-55(17,47-51(5,6)7)48-52(8,9)10/h31H,1,19-29H2,2-18H3,(H,37,41)(H,38,42). The number of carbonyl (C=O) groups is 4. The molecule has 0 aliphatic heterocycles. The summed E-state index contributed by atoms with van der Waals surface area (Å²) in [4.78, 5) is 49.9. The van der Waals surface area contributed by atoms with Gasteiger partial charge >= 0.3 is 41.2 Å². The molecule has 2 amide bonds. The van der Waals surface area contributed by atoms with E-state index in [-0.39, 0.29) is 57.0 Å². The molecule has 0 aliphatic rings. The number of hydrogen-bond acceptors (Lipinski definition) is 12. The molecule has 56 heavy (non-hydrogen) atoms. The summed E-state index contributed by atoms with van der Waals surface area (Å²) in [6.07, 6.45) is 0.288. The maximum atomic E-state index is 13.1. The molecule has 0 bridgehead atoms. The Balaban J connectivity index is 6.69. The first-order valence-electron chi connectivity index (χ1n) is 19.8. The summed E-state index contributed by atoms with van der Waals surface area (Å²) in [5, 5.41) is 5.32. The zero-order chi connectivity index (χ0) is 43.8. The molecule has 1 unspecified atom stereocenters. The highest BCUT2D eigenvalue weighted by Crippen LogP contribution is 2.38. The second-order valence-corrected chi connectivity index (χ2v) is 44.9. The van der Waals surface area contributed by atoms with Crippen molar-refractivity contribution in [3.05, 3.63) is 12.2 Å². The van der Waals surface area contributed by atoms with E-state index in [1.54, 1.807) is 20.8 Å². The first kappa shape index (κ1) is 54.4. The minimum atomic E-state index is -2.80. The Morgan fingerprint density at radius 2 is 0.946 bits per heavy atom. The highest BCUT2D eigenvalue weighted by Gasteiger charge is 2.45. The molecular formula is C36H78N2O12Si6. The Kier molecular flexibility index (Phi) is 22.5. The lowest BCUT2D eigenvalue weighted by atomic mass is 9.82. The van der Waals surface area contributed by atoms with E-state index in [9.17, 15) is 19.2 Å². The van der Waals surface area contributed by atoms with Crippen molar-refractivity contribution < 1.29 is 54.6 Å². The SMILES string of the molecule is C=C(C)C(=O)OCCNC(=O)OCC(CCC[Si](C)(O[Si](C)(C)C)O[Si](C)(C)C)(CC[Si](C)(O[Si](C)(C)C)O[Si](C)(C)C)COC(=O)NCCOC(=O)C(C)C. The molecule has 0 fully saturated rings. The first-order valence-corrected chi connectivity index (χ1v) is 38.5. The second kappa shape index (κ2) is 23.2. The van der Waals surface area contributed by atoms with Gasteiger partial charge in [-0.25, -0.2) is 14.4 Å². The van der Waals surface area contributed by atoms with Crippen molar-refractivity contribution >= 4 is 74.5 Å². The van der Waals surface area contributed by atoms with Crippen LogP contribution in [-0.2, 0) is 45.0 Å². The molecule has 0 heterocycles. The summed E-state index contributed by atoms with van der Waals surface area (Å²) in [6.45, 7) is 38.6.